The average molecular weight is 462 g/mol. The zero-order chi connectivity index (χ0) is 24.2. The summed E-state index contributed by atoms with van der Waals surface area (Å²) in [4.78, 5) is 25.1. The van der Waals surface area contributed by atoms with Crippen LogP contribution in [0.4, 0.5) is 13.2 Å². The normalized spacial score (nSPS) is 12.5. The molecule has 3 aromatic rings. The Hall–Kier alpha value is -3.33. The quantitative estimate of drug-likeness (QED) is 0.351. The van der Waals surface area contributed by atoms with Gasteiger partial charge in [-0.1, -0.05) is 12.1 Å². The fourth-order valence-electron chi connectivity index (χ4n) is 3.78. The molecular formula is C24H25F3N2O4. The van der Waals surface area contributed by atoms with Crippen LogP contribution in [-0.4, -0.2) is 29.5 Å². The van der Waals surface area contributed by atoms with Gasteiger partial charge in [-0.2, -0.15) is 13.2 Å². The number of para-hydroxylation sites is 1. The highest BCUT2D eigenvalue weighted by atomic mass is 19.4. The number of carbonyl (C=O) groups is 2. The largest absolute Gasteiger partial charge is 0.467 e. The minimum absolute atomic E-state index is 0.0519. The fraction of sp³-hybridized carbons (Fsp3) is 0.333. The minimum Gasteiger partial charge on any atom is -0.467 e. The molecule has 0 aliphatic rings. The molecule has 9 heteroatoms. The standard InChI is InChI=1S/C24H25F3N2O4/c1-4-32-21(30)11-12-28-22(20-10-7-13-33-20)23(31)17-14-15(2)29(16(17)3)19-9-6-5-8-18(19)24(25,26)27/h5-10,13-14,22,28H,4,11-12H2,1-3H3. The van der Waals surface area contributed by atoms with Crippen molar-refractivity contribution in [3.8, 4) is 5.69 Å². The van der Waals surface area contributed by atoms with Gasteiger partial charge in [0, 0.05) is 23.5 Å². The Labute approximate surface area is 189 Å². The van der Waals surface area contributed by atoms with Crippen molar-refractivity contribution >= 4 is 11.8 Å². The van der Waals surface area contributed by atoms with Gasteiger partial charge in [-0.25, -0.2) is 0 Å². The van der Waals surface area contributed by atoms with Crippen molar-refractivity contribution in [2.24, 2.45) is 0 Å². The Balaban J connectivity index is 1.95. The number of nitrogens with one attached hydrogen (secondary N) is 1. The molecule has 176 valence electrons. The van der Waals surface area contributed by atoms with Crippen molar-refractivity contribution in [3.05, 3.63) is 77.0 Å². The van der Waals surface area contributed by atoms with Crippen molar-refractivity contribution in [1.29, 1.82) is 0 Å². The maximum atomic E-state index is 13.6. The number of rotatable bonds is 9. The van der Waals surface area contributed by atoms with E-state index in [1.165, 1.54) is 29.0 Å². The van der Waals surface area contributed by atoms with E-state index in [2.05, 4.69) is 5.32 Å². The molecule has 1 aromatic carbocycles. The number of Topliss-reactive ketones (excluding diaryl/α,β-unsaturated/α-hetero) is 1. The summed E-state index contributed by atoms with van der Waals surface area (Å²) in [5, 5.41) is 3.01. The van der Waals surface area contributed by atoms with Crippen molar-refractivity contribution in [1.82, 2.24) is 9.88 Å². The van der Waals surface area contributed by atoms with Crippen molar-refractivity contribution in [3.63, 3.8) is 0 Å². The highest BCUT2D eigenvalue weighted by Gasteiger charge is 2.35. The Bertz CT molecular complexity index is 1120. The number of benzene rings is 1. The molecule has 0 saturated carbocycles. The van der Waals surface area contributed by atoms with E-state index in [1.807, 2.05) is 0 Å². The molecule has 2 heterocycles. The first-order valence-corrected chi connectivity index (χ1v) is 10.5. The van der Waals surface area contributed by atoms with E-state index < -0.39 is 23.8 Å². The molecule has 0 amide bonds. The number of carbonyl (C=O) groups excluding carboxylic acids is 2. The summed E-state index contributed by atoms with van der Waals surface area (Å²) in [5.41, 5.74) is 0.273. The van der Waals surface area contributed by atoms with Gasteiger partial charge in [0.15, 0.2) is 5.78 Å². The van der Waals surface area contributed by atoms with E-state index in [0.717, 1.165) is 6.07 Å². The summed E-state index contributed by atoms with van der Waals surface area (Å²) in [6, 6.07) is 9.13. The van der Waals surface area contributed by atoms with Crippen LogP contribution in [0.25, 0.3) is 5.69 Å². The minimum atomic E-state index is -4.55. The van der Waals surface area contributed by atoms with Crippen LogP contribution in [0.3, 0.4) is 0 Å². The number of hydrogen-bond acceptors (Lipinski definition) is 5. The zero-order valence-corrected chi connectivity index (χ0v) is 18.5. The molecule has 0 saturated heterocycles. The van der Waals surface area contributed by atoms with Gasteiger partial charge in [0.2, 0.25) is 0 Å². The molecule has 1 unspecified atom stereocenters. The molecule has 33 heavy (non-hydrogen) atoms. The van der Waals surface area contributed by atoms with E-state index >= 15 is 0 Å². The second kappa shape index (κ2) is 10.1. The van der Waals surface area contributed by atoms with E-state index in [1.54, 1.807) is 39.0 Å². The lowest BCUT2D eigenvalue weighted by molar-refractivity contribution is -0.143. The highest BCUT2D eigenvalue weighted by Crippen LogP contribution is 2.36. The number of aromatic nitrogens is 1. The van der Waals surface area contributed by atoms with Crippen LogP contribution in [0.2, 0.25) is 0 Å². The molecule has 1 atom stereocenters. The Morgan fingerprint density at radius 2 is 1.88 bits per heavy atom. The lowest BCUT2D eigenvalue weighted by Gasteiger charge is -2.18. The average Bonchev–Trinajstić information content (AvgIpc) is 3.38. The molecule has 0 aliphatic heterocycles. The molecule has 0 spiro atoms. The number of halogens is 3. The number of furan rings is 1. The van der Waals surface area contributed by atoms with Gasteiger partial charge < -0.3 is 19.0 Å². The number of aryl methyl sites for hydroxylation is 1. The fourth-order valence-corrected chi connectivity index (χ4v) is 3.78. The number of nitrogens with zero attached hydrogens (tertiary/aromatic N) is 1. The maximum absolute atomic E-state index is 13.6. The summed E-state index contributed by atoms with van der Waals surface area (Å²) < 4.78 is 52.5. The molecular weight excluding hydrogens is 437 g/mol. The number of ether oxygens (including phenoxy) is 1. The molecule has 3 rings (SSSR count). The van der Waals surface area contributed by atoms with Gasteiger partial charge >= 0.3 is 12.1 Å². The third-order valence-corrected chi connectivity index (χ3v) is 5.22. The zero-order valence-electron chi connectivity index (χ0n) is 18.5. The first-order chi connectivity index (χ1) is 15.6. The molecule has 0 radical (unpaired) electrons. The predicted molar refractivity (Wildman–Crippen MR) is 115 cm³/mol. The molecule has 0 aliphatic carbocycles. The smallest absolute Gasteiger partial charge is 0.418 e. The number of ketones is 1. The van der Waals surface area contributed by atoms with Crippen LogP contribution < -0.4 is 5.32 Å². The second-order valence-corrected chi connectivity index (χ2v) is 7.46. The topological polar surface area (TPSA) is 73.5 Å². The van der Waals surface area contributed by atoms with Crippen molar-refractivity contribution in [2.45, 2.75) is 39.4 Å². The summed E-state index contributed by atoms with van der Waals surface area (Å²) in [6.45, 7) is 5.36. The summed E-state index contributed by atoms with van der Waals surface area (Å²) >= 11 is 0. The van der Waals surface area contributed by atoms with Crippen molar-refractivity contribution in [2.75, 3.05) is 13.2 Å². The molecule has 0 fully saturated rings. The monoisotopic (exact) mass is 462 g/mol. The molecule has 6 nitrogen and oxygen atoms in total. The van der Waals surface area contributed by atoms with Crippen LogP contribution in [0.5, 0.6) is 0 Å². The summed E-state index contributed by atoms with van der Waals surface area (Å²) in [5.74, 6) is -0.445. The van der Waals surface area contributed by atoms with E-state index in [9.17, 15) is 22.8 Å². The molecule has 0 bridgehead atoms. The van der Waals surface area contributed by atoms with E-state index in [-0.39, 0.29) is 36.6 Å². The first kappa shape index (κ1) is 24.3. The Kier molecular flexibility index (Phi) is 7.43. The van der Waals surface area contributed by atoms with Crippen LogP contribution in [0.15, 0.2) is 53.1 Å². The highest BCUT2D eigenvalue weighted by molar-refractivity contribution is 6.01. The number of hydrogen-bond donors (Lipinski definition) is 1. The second-order valence-electron chi connectivity index (χ2n) is 7.46. The predicted octanol–water partition coefficient (Wildman–Crippen LogP) is 5.17. The summed E-state index contributed by atoms with van der Waals surface area (Å²) in [6.07, 6.45) is -3.07. The Morgan fingerprint density at radius 3 is 2.52 bits per heavy atom. The lowest BCUT2D eigenvalue weighted by Crippen LogP contribution is -2.31. The van der Waals surface area contributed by atoms with Gasteiger partial charge in [-0.05, 0) is 51.1 Å². The third-order valence-electron chi connectivity index (χ3n) is 5.22. The third kappa shape index (κ3) is 5.36. The van der Waals surface area contributed by atoms with Gasteiger partial charge in [-0.3, -0.25) is 9.59 Å². The van der Waals surface area contributed by atoms with E-state index in [4.69, 9.17) is 9.15 Å². The van der Waals surface area contributed by atoms with Crippen molar-refractivity contribution < 1.29 is 31.9 Å². The van der Waals surface area contributed by atoms with Crippen LogP contribution in [0.1, 0.15) is 52.5 Å². The van der Waals surface area contributed by atoms with Gasteiger partial charge in [0.1, 0.15) is 11.8 Å². The number of alkyl halides is 3. The van der Waals surface area contributed by atoms with Crippen LogP contribution >= 0.6 is 0 Å². The van der Waals surface area contributed by atoms with Gasteiger partial charge in [-0.15, -0.1) is 0 Å². The Morgan fingerprint density at radius 1 is 1.15 bits per heavy atom. The van der Waals surface area contributed by atoms with Crippen LogP contribution in [-0.2, 0) is 15.7 Å². The first-order valence-electron chi connectivity index (χ1n) is 10.5. The van der Waals surface area contributed by atoms with Gasteiger partial charge in [0.25, 0.3) is 0 Å². The molecule has 2 aromatic heterocycles. The number of esters is 1. The maximum Gasteiger partial charge on any atom is 0.418 e. The summed E-state index contributed by atoms with van der Waals surface area (Å²) in [7, 11) is 0. The SMILES string of the molecule is CCOC(=O)CCNC(C(=O)c1cc(C)n(-c2ccccc2C(F)(F)F)c1C)c1ccco1. The molecule has 1 N–H and O–H groups in total. The van der Waals surface area contributed by atoms with E-state index in [0.29, 0.717) is 17.1 Å². The van der Waals surface area contributed by atoms with Crippen LogP contribution in [0, 0.1) is 13.8 Å². The van der Waals surface area contributed by atoms with Gasteiger partial charge in [0.05, 0.1) is 30.5 Å². The lowest BCUT2D eigenvalue weighted by atomic mass is 10.0.